The molecule has 1 aromatic heterocycles. The first-order chi connectivity index (χ1) is 11.5. The first-order valence-corrected chi connectivity index (χ1v) is 8.25. The van der Waals surface area contributed by atoms with E-state index in [-0.39, 0.29) is 12.5 Å². The minimum atomic E-state index is -0.416. The van der Waals surface area contributed by atoms with Crippen LogP contribution in [0.15, 0.2) is 40.9 Å². The van der Waals surface area contributed by atoms with Crippen LogP contribution in [0.5, 0.6) is 0 Å². The van der Waals surface area contributed by atoms with Gasteiger partial charge in [0.1, 0.15) is 6.21 Å². The number of carbonyl (C=O) groups excluding carboxylic acids is 2. The third-order valence-electron chi connectivity index (χ3n) is 3.12. The number of hydrogen-bond acceptors (Lipinski definition) is 5. The van der Waals surface area contributed by atoms with Crippen LogP contribution < -0.4 is 10.6 Å². The molecule has 0 saturated carbocycles. The van der Waals surface area contributed by atoms with Gasteiger partial charge in [-0.3, -0.25) is 9.59 Å². The Balaban J connectivity index is 1.69. The molecular formula is C17H19N3O3S. The van der Waals surface area contributed by atoms with Crippen LogP contribution in [0.3, 0.4) is 0 Å². The van der Waals surface area contributed by atoms with E-state index >= 15 is 0 Å². The first kappa shape index (κ1) is 17.7. The van der Waals surface area contributed by atoms with E-state index in [2.05, 4.69) is 15.8 Å². The van der Waals surface area contributed by atoms with E-state index in [4.69, 9.17) is 4.84 Å². The van der Waals surface area contributed by atoms with E-state index < -0.39 is 5.91 Å². The summed E-state index contributed by atoms with van der Waals surface area (Å²) < 4.78 is 0. The lowest BCUT2D eigenvalue weighted by molar-refractivity contribution is -0.126. The molecule has 6 nitrogen and oxygen atoms in total. The van der Waals surface area contributed by atoms with Crippen LogP contribution in [0.25, 0.3) is 0 Å². The Morgan fingerprint density at radius 3 is 2.83 bits per heavy atom. The van der Waals surface area contributed by atoms with Gasteiger partial charge in [-0.15, -0.1) is 11.3 Å². The predicted octanol–water partition coefficient (Wildman–Crippen LogP) is 2.62. The average Bonchev–Trinajstić information content (AvgIpc) is 3.06. The smallest absolute Gasteiger partial charge is 0.270 e. The largest absolute Gasteiger partial charge is 0.386 e. The van der Waals surface area contributed by atoms with Crippen molar-refractivity contribution in [3.05, 3.63) is 51.7 Å². The third kappa shape index (κ3) is 5.85. The molecule has 0 bridgehead atoms. The van der Waals surface area contributed by atoms with E-state index in [0.717, 1.165) is 22.2 Å². The minimum absolute atomic E-state index is 0.237. The Labute approximate surface area is 144 Å². The second-order valence-corrected chi connectivity index (χ2v) is 6.20. The summed E-state index contributed by atoms with van der Waals surface area (Å²) in [6.07, 6.45) is 1.01. The van der Waals surface area contributed by atoms with E-state index in [9.17, 15) is 9.59 Å². The number of anilines is 1. The molecule has 0 unspecified atom stereocenters. The van der Waals surface area contributed by atoms with Crippen molar-refractivity contribution in [1.82, 2.24) is 5.32 Å². The maximum Gasteiger partial charge on any atom is 0.270 e. The summed E-state index contributed by atoms with van der Waals surface area (Å²) in [5, 5.41) is 10.8. The molecule has 0 aliphatic carbocycles. The van der Waals surface area contributed by atoms with Gasteiger partial charge in [0, 0.05) is 10.6 Å². The molecule has 0 radical (unpaired) electrons. The molecule has 2 rings (SSSR count). The second-order valence-electron chi connectivity index (χ2n) is 5.17. The number of benzene rings is 1. The summed E-state index contributed by atoms with van der Waals surface area (Å²) in [6, 6.07) is 9.56. The van der Waals surface area contributed by atoms with Crippen LogP contribution in [0.4, 0.5) is 5.69 Å². The molecule has 2 aromatic rings. The number of carbonyl (C=O) groups is 2. The number of hydrogen-bond donors (Lipinski definition) is 2. The molecule has 2 amide bonds. The summed E-state index contributed by atoms with van der Waals surface area (Å²) >= 11 is 1.56. The highest BCUT2D eigenvalue weighted by molar-refractivity contribution is 7.09. The topological polar surface area (TPSA) is 79.8 Å². The monoisotopic (exact) mass is 345 g/mol. The van der Waals surface area contributed by atoms with Crippen LogP contribution in [0.2, 0.25) is 0 Å². The summed E-state index contributed by atoms with van der Waals surface area (Å²) in [6.45, 7) is 4.11. The Morgan fingerprint density at radius 1 is 1.29 bits per heavy atom. The number of thiophene rings is 1. The number of nitrogens with zero attached hydrogens (tertiary/aromatic N) is 1. The van der Waals surface area contributed by atoms with Crippen molar-refractivity contribution >= 4 is 35.1 Å². The summed E-state index contributed by atoms with van der Waals surface area (Å²) in [7, 11) is 0. The van der Waals surface area contributed by atoms with Crippen LogP contribution in [0, 0.1) is 13.8 Å². The lowest BCUT2D eigenvalue weighted by Gasteiger charge is -2.06. The van der Waals surface area contributed by atoms with Crippen molar-refractivity contribution in [2.24, 2.45) is 5.16 Å². The van der Waals surface area contributed by atoms with Gasteiger partial charge in [0.25, 0.3) is 11.8 Å². The maximum absolute atomic E-state index is 11.7. The maximum atomic E-state index is 11.7. The van der Waals surface area contributed by atoms with Crippen molar-refractivity contribution in [2.75, 3.05) is 11.9 Å². The molecular weight excluding hydrogens is 326 g/mol. The first-order valence-electron chi connectivity index (χ1n) is 7.37. The van der Waals surface area contributed by atoms with Gasteiger partial charge in [-0.25, -0.2) is 0 Å². The molecule has 0 fully saturated rings. The predicted molar refractivity (Wildman–Crippen MR) is 95.2 cm³/mol. The summed E-state index contributed by atoms with van der Waals surface area (Å²) in [4.78, 5) is 29.2. The molecule has 24 heavy (non-hydrogen) atoms. The van der Waals surface area contributed by atoms with Crippen LogP contribution in [0.1, 0.15) is 16.0 Å². The second kappa shape index (κ2) is 8.83. The molecule has 0 aliphatic rings. The lowest BCUT2D eigenvalue weighted by Crippen LogP contribution is -2.26. The summed E-state index contributed by atoms with van der Waals surface area (Å²) in [5.41, 5.74) is 2.80. The molecule has 0 spiro atoms. The van der Waals surface area contributed by atoms with Crippen molar-refractivity contribution in [3.8, 4) is 0 Å². The third-order valence-corrected chi connectivity index (χ3v) is 4.00. The fraction of sp³-hybridized carbons (Fsp3) is 0.235. The van der Waals surface area contributed by atoms with Crippen molar-refractivity contribution < 1.29 is 14.4 Å². The average molecular weight is 345 g/mol. The number of aryl methyl sites for hydroxylation is 2. The summed E-state index contributed by atoms with van der Waals surface area (Å²) in [5.74, 6) is -0.712. The Hall–Kier alpha value is -2.67. The SMILES string of the molecule is Cc1ccc(NC(=O)/C=N\OCC(=O)NCc2cccs2)c(C)c1. The van der Waals surface area contributed by atoms with Crippen molar-refractivity contribution in [1.29, 1.82) is 0 Å². The van der Waals surface area contributed by atoms with Gasteiger partial charge in [0.2, 0.25) is 0 Å². The lowest BCUT2D eigenvalue weighted by atomic mass is 10.1. The van der Waals surface area contributed by atoms with Crippen molar-refractivity contribution in [2.45, 2.75) is 20.4 Å². The molecule has 1 aromatic carbocycles. The van der Waals surface area contributed by atoms with E-state index in [1.807, 2.05) is 49.6 Å². The Bertz CT molecular complexity index is 727. The molecule has 7 heteroatoms. The Morgan fingerprint density at radius 2 is 2.12 bits per heavy atom. The Kier molecular flexibility index (Phi) is 6.51. The molecule has 2 N–H and O–H groups in total. The quantitative estimate of drug-likeness (QED) is 0.598. The fourth-order valence-corrected chi connectivity index (χ4v) is 2.59. The zero-order chi connectivity index (χ0) is 17.4. The zero-order valence-electron chi connectivity index (χ0n) is 13.5. The normalized spacial score (nSPS) is 10.6. The highest BCUT2D eigenvalue weighted by Crippen LogP contribution is 2.15. The van der Waals surface area contributed by atoms with Crippen LogP contribution in [-0.2, 0) is 21.0 Å². The van der Waals surface area contributed by atoms with E-state index in [1.54, 1.807) is 11.3 Å². The molecule has 126 valence electrons. The van der Waals surface area contributed by atoms with E-state index in [1.165, 1.54) is 0 Å². The van der Waals surface area contributed by atoms with Gasteiger partial charge in [-0.1, -0.05) is 28.9 Å². The molecule has 0 saturated heterocycles. The number of oxime groups is 1. The van der Waals surface area contributed by atoms with Gasteiger partial charge in [0.05, 0.1) is 6.54 Å². The van der Waals surface area contributed by atoms with E-state index in [0.29, 0.717) is 12.2 Å². The van der Waals surface area contributed by atoms with Gasteiger partial charge < -0.3 is 15.5 Å². The molecule has 0 aliphatic heterocycles. The van der Waals surface area contributed by atoms with Crippen molar-refractivity contribution in [3.63, 3.8) is 0 Å². The molecule has 0 atom stereocenters. The zero-order valence-corrected chi connectivity index (χ0v) is 14.4. The van der Waals surface area contributed by atoms with Gasteiger partial charge in [-0.2, -0.15) is 0 Å². The highest BCUT2D eigenvalue weighted by Gasteiger charge is 2.04. The fourth-order valence-electron chi connectivity index (χ4n) is 1.95. The minimum Gasteiger partial charge on any atom is -0.386 e. The van der Waals surface area contributed by atoms with Gasteiger partial charge >= 0.3 is 0 Å². The standard InChI is InChI=1S/C17H19N3O3S/c1-12-5-6-15(13(2)8-12)20-16(21)10-19-23-11-17(22)18-9-14-4-3-7-24-14/h3-8,10H,9,11H2,1-2H3,(H,18,22)(H,20,21)/b19-10-. The van der Waals surface area contributed by atoms with Crippen LogP contribution in [-0.4, -0.2) is 24.6 Å². The number of rotatable bonds is 7. The van der Waals surface area contributed by atoms with Gasteiger partial charge in [-0.05, 0) is 36.9 Å². The van der Waals surface area contributed by atoms with Gasteiger partial charge in [0.15, 0.2) is 6.61 Å². The van der Waals surface area contributed by atoms with Crippen LogP contribution >= 0.6 is 11.3 Å². The molecule has 1 heterocycles. The number of amides is 2. The highest BCUT2D eigenvalue weighted by atomic mass is 32.1. The number of nitrogens with one attached hydrogen (secondary N) is 2.